The summed E-state index contributed by atoms with van der Waals surface area (Å²) in [6, 6.07) is 29.2. The van der Waals surface area contributed by atoms with E-state index in [-0.39, 0.29) is 5.92 Å². The van der Waals surface area contributed by atoms with Crippen molar-refractivity contribution in [3.8, 4) is 0 Å². The van der Waals surface area contributed by atoms with Crippen molar-refractivity contribution in [2.45, 2.75) is 11.3 Å². The third-order valence-electron chi connectivity index (χ3n) is 6.44. The molecule has 4 aromatic carbocycles. The van der Waals surface area contributed by atoms with Crippen molar-refractivity contribution >= 4 is 34.8 Å². The molecule has 3 aliphatic rings. The maximum absolute atomic E-state index is 6.84. The minimum Gasteiger partial charge on any atom is -0.0840 e. The molecule has 0 spiro atoms. The van der Waals surface area contributed by atoms with Gasteiger partial charge in [0.2, 0.25) is 0 Å². The molecule has 0 radical (unpaired) electrons. The SMILES string of the molecule is Clc1cccc2c1C1c3c(Cl)cccc3C2(c2ccccc2)c2cccc(Cl)c21. The van der Waals surface area contributed by atoms with Crippen molar-refractivity contribution in [3.63, 3.8) is 0 Å². The fourth-order valence-corrected chi connectivity index (χ4v) is 6.35. The van der Waals surface area contributed by atoms with Gasteiger partial charge in [-0.15, -0.1) is 0 Å². The molecule has 0 aromatic heterocycles. The van der Waals surface area contributed by atoms with Crippen molar-refractivity contribution in [1.82, 2.24) is 0 Å². The van der Waals surface area contributed by atoms with Crippen LogP contribution in [-0.2, 0) is 5.41 Å². The molecule has 3 aliphatic carbocycles. The normalized spacial score (nSPS) is 20.7. The lowest BCUT2D eigenvalue weighted by Gasteiger charge is -2.51. The maximum atomic E-state index is 6.84. The molecule has 0 amide bonds. The minimum atomic E-state index is -0.503. The van der Waals surface area contributed by atoms with Crippen molar-refractivity contribution in [3.05, 3.63) is 139 Å². The van der Waals surface area contributed by atoms with E-state index >= 15 is 0 Å². The molecular formula is C26H15Cl3. The van der Waals surface area contributed by atoms with Gasteiger partial charge in [0, 0.05) is 21.0 Å². The molecule has 4 aromatic rings. The number of benzene rings is 4. The van der Waals surface area contributed by atoms with Crippen molar-refractivity contribution in [2.75, 3.05) is 0 Å². The van der Waals surface area contributed by atoms with Crippen LogP contribution in [0.25, 0.3) is 0 Å². The third-order valence-corrected chi connectivity index (χ3v) is 7.43. The molecule has 0 nitrogen and oxygen atoms in total. The van der Waals surface area contributed by atoms with Crippen molar-refractivity contribution in [1.29, 1.82) is 0 Å². The van der Waals surface area contributed by atoms with E-state index in [2.05, 4.69) is 42.5 Å². The van der Waals surface area contributed by atoms with E-state index in [1.165, 1.54) is 22.3 Å². The van der Waals surface area contributed by atoms with Crippen molar-refractivity contribution < 1.29 is 0 Å². The average Bonchev–Trinajstić information content (AvgIpc) is 2.74. The molecule has 0 N–H and O–H groups in total. The summed E-state index contributed by atoms with van der Waals surface area (Å²) in [5.41, 5.74) is 7.66. The van der Waals surface area contributed by atoms with Gasteiger partial charge in [-0.05, 0) is 57.1 Å². The Morgan fingerprint density at radius 2 is 0.897 bits per heavy atom. The predicted molar refractivity (Wildman–Crippen MR) is 121 cm³/mol. The van der Waals surface area contributed by atoms with E-state index in [1.807, 2.05) is 42.5 Å². The first kappa shape index (κ1) is 17.6. The fourth-order valence-electron chi connectivity index (χ4n) is 5.50. The van der Waals surface area contributed by atoms with Crippen molar-refractivity contribution in [2.24, 2.45) is 0 Å². The van der Waals surface area contributed by atoms with Crippen LogP contribution in [0.5, 0.6) is 0 Å². The quantitative estimate of drug-likeness (QED) is 0.248. The van der Waals surface area contributed by atoms with Crippen LogP contribution in [-0.4, -0.2) is 0 Å². The zero-order valence-electron chi connectivity index (χ0n) is 15.3. The van der Waals surface area contributed by atoms with Gasteiger partial charge in [0.15, 0.2) is 0 Å². The van der Waals surface area contributed by atoms with Gasteiger partial charge in [-0.3, -0.25) is 0 Å². The summed E-state index contributed by atoms with van der Waals surface area (Å²) < 4.78 is 0. The van der Waals surface area contributed by atoms with E-state index in [9.17, 15) is 0 Å². The molecule has 29 heavy (non-hydrogen) atoms. The molecule has 0 unspecified atom stereocenters. The molecule has 0 heterocycles. The highest BCUT2D eigenvalue weighted by molar-refractivity contribution is 6.34. The van der Waals surface area contributed by atoms with E-state index in [0.717, 1.165) is 31.8 Å². The maximum Gasteiger partial charge on any atom is 0.0712 e. The summed E-state index contributed by atoms with van der Waals surface area (Å²) in [7, 11) is 0. The highest BCUT2D eigenvalue weighted by atomic mass is 35.5. The zero-order chi connectivity index (χ0) is 19.8. The monoisotopic (exact) mass is 432 g/mol. The lowest BCUT2D eigenvalue weighted by Crippen LogP contribution is -2.43. The molecule has 140 valence electrons. The zero-order valence-corrected chi connectivity index (χ0v) is 17.6. The van der Waals surface area contributed by atoms with Crippen LogP contribution >= 0.6 is 34.8 Å². The summed E-state index contributed by atoms with van der Waals surface area (Å²) in [5.74, 6) is -0.0725. The van der Waals surface area contributed by atoms with Crippen LogP contribution in [0.15, 0.2) is 84.9 Å². The van der Waals surface area contributed by atoms with Gasteiger partial charge >= 0.3 is 0 Å². The van der Waals surface area contributed by atoms with E-state index in [0.29, 0.717) is 0 Å². The van der Waals surface area contributed by atoms with Crippen LogP contribution in [0.3, 0.4) is 0 Å². The van der Waals surface area contributed by atoms with E-state index < -0.39 is 5.41 Å². The van der Waals surface area contributed by atoms with E-state index in [1.54, 1.807) is 0 Å². The first-order chi connectivity index (χ1) is 14.2. The number of halogens is 3. The highest BCUT2D eigenvalue weighted by Gasteiger charge is 2.54. The lowest BCUT2D eigenvalue weighted by atomic mass is 9.51. The Bertz CT molecular complexity index is 1160. The fraction of sp³-hybridized carbons (Fsp3) is 0.0769. The second kappa shape index (κ2) is 6.12. The van der Waals surface area contributed by atoms with Gasteiger partial charge in [0.05, 0.1) is 5.41 Å². The number of rotatable bonds is 1. The number of hydrogen-bond donors (Lipinski definition) is 0. The number of hydrogen-bond acceptors (Lipinski definition) is 0. The van der Waals surface area contributed by atoms with Gasteiger partial charge in [-0.25, -0.2) is 0 Å². The molecule has 0 aliphatic heterocycles. The first-order valence-corrected chi connectivity index (χ1v) is 10.7. The molecular weight excluding hydrogens is 419 g/mol. The van der Waals surface area contributed by atoms with Crippen LogP contribution in [0.4, 0.5) is 0 Å². The smallest absolute Gasteiger partial charge is 0.0712 e. The molecule has 0 saturated heterocycles. The first-order valence-electron chi connectivity index (χ1n) is 9.58. The third kappa shape index (κ3) is 2.07. The molecule has 0 fully saturated rings. The lowest BCUT2D eigenvalue weighted by molar-refractivity contribution is 0.630. The summed E-state index contributed by atoms with van der Waals surface area (Å²) in [4.78, 5) is 0. The molecule has 7 rings (SSSR count). The molecule has 0 atom stereocenters. The highest BCUT2D eigenvalue weighted by Crippen LogP contribution is 2.64. The Balaban J connectivity index is 1.91. The van der Waals surface area contributed by atoms with E-state index in [4.69, 9.17) is 34.8 Å². The molecule has 2 bridgehead atoms. The van der Waals surface area contributed by atoms with Gasteiger partial charge < -0.3 is 0 Å². The molecule has 0 saturated carbocycles. The second-order valence-electron chi connectivity index (χ2n) is 7.65. The largest absolute Gasteiger partial charge is 0.0840 e. The van der Waals surface area contributed by atoms with Gasteiger partial charge in [-0.2, -0.15) is 0 Å². The average molecular weight is 434 g/mol. The topological polar surface area (TPSA) is 0 Å². The summed E-state index contributed by atoms with van der Waals surface area (Å²) >= 11 is 20.5. The second-order valence-corrected chi connectivity index (χ2v) is 8.87. The Kier molecular flexibility index (Phi) is 3.72. The van der Waals surface area contributed by atoms with Crippen LogP contribution in [0.2, 0.25) is 15.1 Å². The van der Waals surface area contributed by atoms with Gasteiger partial charge in [0.1, 0.15) is 0 Å². The van der Waals surface area contributed by atoms with Crippen LogP contribution < -0.4 is 0 Å². The Morgan fingerprint density at radius 1 is 0.483 bits per heavy atom. The summed E-state index contributed by atoms with van der Waals surface area (Å²) in [6.45, 7) is 0. The van der Waals surface area contributed by atoms with Crippen LogP contribution in [0.1, 0.15) is 44.9 Å². The minimum absolute atomic E-state index is 0.0725. The Hall–Kier alpha value is -2.25. The van der Waals surface area contributed by atoms with Gasteiger partial charge in [-0.1, -0.05) is 102 Å². The molecule has 3 heteroatoms. The summed E-state index contributed by atoms with van der Waals surface area (Å²) in [6.07, 6.45) is 0. The standard InChI is InChI=1S/C26H15Cl3/c27-19-12-4-9-16-22(19)25-23-17(10-5-13-20(23)28)26(16,15-7-2-1-3-8-15)18-11-6-14-21(29)24(18)25/h1-14,25H. The summed E-state index contributed by atoms with van der Waals surface area (Å²) in [5, 5.41) is 2.26. The Morgan fingerprint density at radius 3 is 1.31 bits per heavy atom. The Labute approximate surface area is 184 Å². The predicted octanol–water partition coefficient (Wildman–Crippen LogP) is 7.84. The van der Waals surface area contributed by atoms with Crippen LogP contribution in [0, 0.1) is 0 Å². The van der Waals surface area contributed by atoms with Gasteiger partial charge in [0.25, 0.3) is 0 Å².